The Hall–Kier alpha value is -1.23. The van der Waals surface area contributed by atoms with Gasteiger partial charge < -0.3 is 9.84 Å². The summed E-state index contributed by atoms with van der Waals surface area (Å²) in [6, 6.07) is 6.14. The number of ketones is 1. The molecule has 3 nitrogen and oxygen atoms in total. The molecule has 3 rings (SSSR count). The molecule has 1 aromatic carbocycles. The van der Waals surface area contributed by atoms with E-state index in [0.29, 0.717) is 10.8 Å². The first kappa shape index (κ1) is 19.5. The van der Waals surface area contributed by atoms with Crippen LogP contribution in [0.5, 0.6) is 0 Å². The van der Waals surface area contributed by atoms with Gasteiger partial charge in [0.05, 0.1) is 9.94 Å². The Morgan fingerprint density at radius 2 is 1.96 bits per heavy atom. The van der Waals surface area contributed by atoms with Gasteiger partial charge in [0.25, 0.3) is 0 Å². The van der Waals surface area contributed by atoms with Crippen LogP contribution in [0.3, 0.4) is 0 Å². The fourth-order valence-corrected chi connectivity index (χ4v) is 5.03. The lowest BCUT2D eigenvalue weighted by Gasteiger charge is -2.40. The van der Waals surface area contributed by atoms with Crippen molar-refractivity contribution in [1.29, 1.82) is 0 Å². The van der Waals surface area contributed by atoms with E-state index < -0.39 is 11.2 Å². The Balaban J connectivity index is 2.09. The molecule has 0 bridgehead atoms. The summed E-state index contributed by atoms with van der Waals surface area (Å²) in [5, 5.41) is 11.1. The van der Waals surface area contributed by atoms with Crippen LogP contribution in [0.2, 0.25) is 0 Å². The fraction of sp³-hybridized carbons (Fsp3) is 0.476. The van der Waals surface area contributed by atoms with Gasteiger partial charge >= 0.3 is 0 Å². The van der Waals surface area contributed by atoms with Gasteiger partial charge in [-0.1, -0.05) is 42.8 Å². The Morgan fingerprint density at radius 1 is 1.27 bits per heavy atom. The molecular weight excluding hydrogens is 368 g/mol. The van der Waals surface area contributed by atoms with Gasteiger partial charge in [-0.25, -0.2) is 0 Å². The molecule has 1 aromatic rings. The van der Waals surface area contributed by atoms with E-state index in [1.165, 1.54) is 5.56 Å². The summed E-state index contributed by atoms with van der Waals surface area (Å²) in [6.07, 6.45) is 3.72. The molecule has 0 aromatic heterocycles. The topological polar surface area (TPSA) is 46.5 Å². The summed E-state index contributed by atoms with van der Waals surface area (Å²) in [5.74, 6) is -0.180. The van der Waals surface area contributed by atoms with Crippen molar-refractivity contribution >= 4 is 34.7 Å². The Morgan fingerprint density at radius 3 is 2.54 bits per heavy atom. The summed E-state index contributed by atoms with van der Waals surface area (Å²) in [6.45, 7) is 9.16. The highest BCUT2D eigenvalue weighted by molar-refractivity contribution is 8.05. The third kappa shape index (κ3) is 3.35. The molecule has 2 heterocycles. The van der Waals surface area contributed by atoms with E-state index in [0.717, 1.165) is 28.3 Å². The molecular formula is C21H25ClO3S. The van der Waals surface area contributed by atoms with Crippen LogP contribution in [-0.4, -0.2) is 22.1 Å². The van der Waals surface area contributed by atoms with Gasteiger partial charge in [-0.3, -0.25) is 4.79 Å². The normalized spacial score (nSPS) is 24.8. The number of halogens is 1. The van der Waals surface area contributed by atoms with Crippen molar-refractivity contribution < 1.29 is 14.6 Å². The first-order valence-corrected chi connectivity index (χ1v) is 10.2. The monoisotopic (exact) mass is 392 g/mol. The third-order valence-corrected chi connectivity index (χ3v) is 6.55. The molecule has 0 aliphatic carbocycles. The minimum absolute atomic E-state index is 0.00391. The lowest BCUT2D eigenvalue weighted by atomic mass is 9.81. The highest BCUT2D eigenvalue weighted by Crippen LogP contribution is 2.46. The lowest BCUT2D eigenvalue weighted by molar-refractivity contribution is -0.158. The largest absolute Gasteiger partial charge is 0.508 e. The molecule has 2 aliphatic rings. The van der Waals surface area contributed by atoms with Crippen LogP contribution in [-0.2, 0) is 16.0 Å². The minimum atomic E-state index is -0.979. The number of aliphatic hydroxyl groups excluding tert-OH is 1. The second kappa shape index (κ2) is 6.74. The molecule has 5 heteroatoms. The molecule has 0 fully saturated rings. The van der Waals surface area contributed by atoms with Crippen LogP contribution in [0.1, 0.15) is 63.0 Å². The Kier molecular flexibility index (Phi) is 5.06. The number of aliphatic hydroxyl groups is 1. The van der Waals surface area contributed by atoms with Crippen LogP contribution in [0.15, 0.2) is 34.4 Å². The fourth-order valence-electron chi connectivity index (χ4n) is 3.68. The van der Waals surface area contributed by atoms with E-state index in [2.05, 4.69) is 13.0 Å². The number of ether oxygens (including phenoxy) is 1. The van der Waals surface area contributed by atoms with Gasteiger partial charge in [0, 0.05) is 5.25 Å². The van der Waals surface area contributed by atoms with Crippen LogP contribution in [0.25, 0.3) is 5.57 Å². The molecule has 1 unspecified atom stereocenters. The zero-order valence-electron chi connectivity index (χ0n) is 15.9. The van der Waals surface area contributed by atoms with Gasteiger partial charge in [-0.15, -0.1) is 11.8 Å². The number of aryl methyl sites for hydroxylation is 1. The predicted molar refractivity (Wildman–Crippen MR) is 109 cm³/mol. The summed E-state index contributed by atoms with van der Waals surface area (Å²) in [5.41, 5.74) is 1.54. The number of hydrogen-bond acceptors (Lipinski definition) is 4. The highest BCUT2D eigenvalue weighted by Gasteiger charge is 2.47. The van der Waals surface area contributed by atoms with Gasteiger partial charge in [0.15, 0.2) is 5.78 Å². The second-order valence-electron chi connectivity index (χ2n) is 7.80. The predicted octanol–water partition coefficient (Wildman–Crippen LogP) is 5.93. The van der Waals surface area contributed by atoms with Gasteiger partial charge in [-0.05, 0) is 57.2 Å². The zero-order valence-corrected chi connectivity index (χ0v) is 17.4. The summed E-state index contributed by atoms with van der Waals surface area (Å²) < 4.78 is 6.68. The molecule has 2 aliphatic heterocycles. The molecule has 0 radical (unpaired) electrons. The summed E-state index contributed by atoms with van der Waals surface area (Å²) in [7, 11) is 0. The number of Topliss-reactive ketones (excluding diaryl/α,β-unsaturated/α-hetero) is 1. The number of carbonyl (C=O) groups is 1. The number of thioether (sulfide) groups is 1. The van der Waals surface area contributed by atoms with E-state index >= 15 is 0 Å². The van der Waals surface area contributed by atoms with Gasteiger partial charge in [0.1, 0.15) is 17.0 Å². The van der Waals surface area contributed by atoms with E-state index in [1.54, 1.807) is 39.5 Å². The van der Waals surface area contributed by atoms with Crippen LogP contribution >= 0.6 is 23.4 Å². The highest BCUT2D eigenvalue weighted by atomic mass is 35.5. The third-order valence-electron chi connectivity index (χ3n) is 4.99. The lowest BCUT2D eigenvalue weighted by Crippen LogP contribution is -2.49. The SMILES string of the molecule is CCc1cc(C2CC=C(Cl)S2)ccc1C1=C(O)C(C)(C)OC(C)(C)C1=O. The number of allylic oxidation sites excluding steroid dienone is 1. The van der Waals surface area contributed by atoms with Crippen LogP contribution < -0.4 is 0 Å². The zero-order chi connectivity index (χ0) is 19.3. The van der Waals surface area contributed by atoms with Crippen molar-refractivity contribution in [3.8, 4) is 0 Å². The second-order valence-corrected chi connectivity index (χ2v) is 9.67. The maximum atomic E-state index is 13.0. The number of hydrogen-bond donors (Lipinski definition) is 1. The van der Waals surface area contributed by atoms with Crippen molar-refractivity contribution in [1.82, 2.24) is 0 Å². The smallest absolute Gasteiger partial charge is 0.198 e. The Labute approximate surface area is 164 Å². The van der Waals surface area contributed by atoms with Gasteiger partial charge in [-0.2, -0.15) is 0 Å². The average Bonchev–Trinajstić information content (AvgIpc) is 2.99. The average molecular weight is 393 g/mol. The van der Waals surface area contributed by atoms with E-state index in [-0.39, 0.29) is 11.5 Å². The first-order valence-electron chi connectivity index (χ1n) is 8.91. The van der Waals surface area contributed by atoms with Crippen molar-refractivity contribution in [3.05, 3.63) is 51.1 Å². The molecule has 0 amide bonds. The molecule has 0 saturated carbocycles. The standard InChI is InChI=1S/C21H25ClO3S/c1-6-12-11-13(15-9-10-16(22)26-15)7-8-14(12)17-18(23)20(2,3)25-21(4,5)19(17)24/h7-8,10-11,15,23H,6,9H2,1-5H3. The maximum Gasteiger partial charge on any atom is 0.198 e. The quantitative estimate of drug-likeness (QED) is 0.692. The molecule has 26 heavy (non-hydrogen) atoms. The minimum Gasteiger partial charge on any atom is -0.508 e. The van der Waals surface area contributed by atoms with Crippen molar-refractivity contribution in [3.63, 3.8) is 0 Å². The maximum absolute atomic E-state index is 13.0. The van der Waals surface area contributed by atoms with E-state index in [1.807, 2.05) is 18.2 Å². The molecule has 0 spiro atoms. The van der Waals surface area contributed by atoms with Crippen molar-refractivity contribution in [2.24, 2.45) is 0 Å². The van der Waals surface area contributed by atoms with Crippen LogP contribution in [0, 0.1) is 0 Å². The molecule has 1 N–H and O–H groups in total. The summed E-state index contributed by atoms with van der Waals surface area (Å²) >= 11 is 7.77. The Bertz CT molecular complexity index is 821. The van der Waals surface area contributed by atoms with Gasteiger partial charge in [0.2, 0.25) is 0 Å². The number of benzene rings is 1. The van der Waals surface area contributed by atoms with E-state index in [9.17, 15) is 9.90 Å². The molecule has 0 saturated heterocycles. The van der Waals surface area contributed by atoms with Crippen molar-refractivity contribution in [2.45, 2.75) is 63.9 Å². The van der Waals surface area contributed by atoms with E-state index in [4.69, 9.17) is 16.3 Å². The number of rotatable bonds is 3. The summed E-state index contributed by atoms with van der Waals surface area (Å²) in [4.78, 5) is 13.0. The molecule has 1 atom stereocenters. The number of carbonyl (C=O) groups excluding carboxylic acids is 1. The van der Waals surface area contributed by atoms with Crippen LogP contribution in [0.4, 0.5) is 0 Å². The van der Waals surface area contributed by atoms with Crippen molar-refractivity contribution in [2.75, 3.05) is 0 Å². The molecule has 140 valence electrons. The first-order chi connectivity index (χ1) is 12.1.